The van der Waals surface area contributed by atoms with Gasteiger partial charge in [-0.15, -0.1) is 0 Å². The van der Waals surface area contributed by atoms with Gasteiger partial charge >= 0.3 is 0 Å². The van der Waals surface area contributed by atoms with Crippen LogP contribution in [-0.2, 0) is 11.3 Å². The molecule has 1 unspecified atom stereocenters. The highest BCUT2D eigenvalue weighted by molar-refractivity contribution is 5.75. The Morgan fingerprint density at radius 3 is 2.96 bits per heavy atom. The van der Waals surface area contributed by atoms with Crippen LogP contribution in [0.15, 0.2) is 37.3 Å². The number of carbonyl (C=O) groups excluding carboxylic acids is 1. The van der Waals surface area contributed by atoms with Crippen LogP contribution in [0.3, 0.4) is 0 Å². The second kappa shape index (κ2) is 6.96. The minimum atomic E-state index is -0.920. The standard InChI is InChI=1S/C16H22N6O2/c1-20(15(23)2-7-21-9-6-18-13-21)11-16(24)3-8-22(12-16)14-10-17-4-5-19-14/h4-6,9-10,13,24H,2-3,7-8,11-12H2,1H3. The Morgan fingerprint density at radius 1 is 1.38 bits per heavy atom. The first-order chi connectivity index (χ1) is 11.6. The number of β-amino-alcohol motifs (C(OH)–C–C–N with tert-alkyl or cyclic N) is 1. The maximum Gasteiger partial charge on any atom is 0.224 e. The monoisotopic (exact) mass is 330 g/mol. The largest absolute Gasteiger partial charge is 0.386 e. The Kier molecular flexibility index (Phi) is 4.75. The molecule has 2 aromatic rings. The summed E-state index contributed by atoms with van der Waals surface area (Å²) >= 11 is 0. The molecule has 1 aliphatic heterocycles. The molecule has 1 amide bonds. The summed E-state index contributed by atoms with van der Waals surface area (Å²) in [5, 5.41) is 10.8. The zero-order chi connectivity index (χ0) is 17.0. The Labute approximate surface area is 140 Å². The predicted molar refractivity (Wildman–Crippen MR) is 88.3 cm³/mol. The second-order valence-electron chi connectivity index (χ2n) is 6.26. The Morgan fingerprint density at radius 2 is 2.25 bits per heavy atom. The van der Waals surface area contributed by atoms with Crippen molar-refractivity contribution in [2.45, 2.75) is 25.0 Å². The zero-order valence-electron chi connectivity index (χ0n) is 13.7. The van der Waals surface area contributed by atoms with Crippen molar-refractivity contribution in [2.75, 3.05) is 31.6 Å². The van der Waals surface area contributed by atoms with Crippen LogP contribution in [0.1, 0.15) is 12.8 Å². The summed E-state index contributed by atoms with van der Waals surface area (Å²) in [5.41, 5.74) is -0.920. The minimum absolute atomic E-state index is 0.00933. The third kappa shape index (κ3) is 3.88. The highest BCUT2D eigenvalue weighted by atomic mass is 16.3. The molecule has 0 spiro atoms. The number of amides is 1. The van der Waals surface area contributed by atoms with E-state index < -0.39 is 5.60 Å². The van der Waals surface area contributed by atoms with Crippen molar-refractivity contribution in [1.82, 2.24) is 24.4 Å². The molecule has 24 heavy (non-hydrogen) atoms. The van der Waals surface area contributed by atoms with Crippen molar-refractivity contribution in [3.05, 3.63) is 37.3 Å². The number of hydrogen-bond acceptors (Lipinski definition) is 6. The van der Waals surface area contributed by atoms with Crippen LogP contribution in [0.2, 0.25) is 0 Å². The van der Waals surface area contributed by atoms with Crippen molar-refractivity contribution in [3.63, 3.8) is 0 Å². The molecule has 1 saturated heterocycles. The molecule has 1 atom stereocenters. The lowest BCUT2D eigenvalue weighted by Gasteiger charge is -2.29. The topological polar surface area (TPSA) is 87.4 Å². The Hall–Kier alpha value is -2.48. The molecule has 3 rings (SSSR count). The van der Waals surface area contributed by atoms with E-state index in [9.17, 15) is 9.90 Å². The van der Waals surface area contributed by atoms with Crippen molar-refractivity contribution in [1.29, 1.82) is 0 Å². The van der Waals surface area contributed by atoms with Crippen LogP contribution in [0.25, 0.3) is 0 Å². The molecule has 3 heterocycles. The van der Waals surface area contributed by atoms with E-state index in [0.29, 0.717) is 39.0 Å². The molecule has 1 fully saturated rings. The SMILES string of the molecule is CN(CC1(O)CCN(c2cnccn2)C1)C(=O)CCn1ccnc1. The fraction of sp³-hybridized carbons (Fsp3) is 0.500. The van der Waals surface area contributed by atoms with E-state index in [1.54, 1.807) is 43.1 Å². The van der Waals surface area contributed by atoms with Crippen LogP contribution in [0.5, 0.6) is 0 Å². The lowest BCUT2D eigenvalue weighted by Crippen LogP contribution is -2.46. The van der Waals surface area contributed by atoms with Crippen LogP contribution < -0.4 is 4.90 Å². The van der Waals surface area contributed by atoms with E-state index in [4.69, 9.17) is 0 Å². The number of aryl methyl sites for hydroxylation is 1. The van der Waals surface area contributed by atoms with Gasteiger partial charge in [0, 0.05) is 57.9 Å². The first-order valence-corrected chi connectivity index (χ1v) is 7.99. The fourth-order valence-corrected chi connectivity index (χ4v) is 3.00. The van der Waals surface area contributed by atoms with Crippen molar-refractivity contribution < 1.29 is 9.90 Å². The number of nitrogens with zero attached hydrogens (tertiary/aromatic N) is 6. The average Bonchev–Trinajstić information content (AvgIpc) is 3.23. The number of aliphatic hydroxyl groups is 1. The molecule has 1 aliphatic rings. The third-order valence-corrected chi connectivity index (χ3v) is 4.31. The average molecular weight is 330 g/mol. The molecule has 2 aromatic heterocycles. The Bertz CT molecular complexity index is 662. The third-order valence-electron chi connectivity index (χ3n) is 4.31. The lowest BCUT2D eigenvalue weighted by molar-refractivity contribution is -0.133. The highest BCUT2D eigenvalue weighted by Gasteiger charge is 2.38. The highest BCUT2D eigenvalue weighted by Crippen LogP contribution is 2.25. The zero-order valence-corrected chi connectivity index (χ0v) is 13.7. The van der Waals surface area contributed by atoms with E-state index in [-0.39, 0.29) is 5.91 Å². The predicted octanol–water partition coefficient (Wildman–Crippen LogP) is 0.163. The maximum absolute atomic E-state index is 12.3. The van der Waals surface area contributed by atoms with Gasteiger partial charge in [0.2, 0.25) is 5.91 Å². The number of anilines is 1. The normalized spacial score (nSPS) is 20.3. The van der Waals surface area contributed by atoms with Crippen LogP contribution in [0, 0.1) is 0 Å². The summed E-state index contributed by atoms with van der Waals surface area (Å²) < 4.78 is 1.87. The summed E-state index contributed by atoms with van der Waals surface area (Å²) in [6, 6.07) is 0. The van der Waals surface area contributed by atoms with Gasteiger partial charge in [-0.05, 0) is 6.42 Å². The van der Waals surface area contributed by atoms with Gasteiger partial charge in [-0.3, -0.25) is 9.78 Å². The summed E-state index contributed by atoms with van der Waals surface area (Å²) in [6.07, 6.45) is 11.1. The molecule has 0 bridgehead atoms. The summed E-state index contributed by atoms with van der Waals surface area (Å²) in [6.45, 7) is 2.05. The van der Waals surface area contributed by atoms with Gasteiger partial charge in [-0.2, -0.15) is 0 Å². The fourth-order valence-electron chi connectivity index (χ4n) is 3.00. The molecule has 0 radical (unpaired) electrons. The van der Waals surface area contributed by atoms with E-state index >= 15 is 0 Å². The lowest BCUT2D eigenvalue weighted by atomic mass is 10.0. The number of imidazole rings is 1. The number of rotatable bonds is 6. The van der Waals surface area contributed by atoms with Gasteiger partial charge in [0.15, 0.2) is 0 Å². The number of aromatic nitrogens is 4. The molecular formula is C16H22N6O2. The van der Waals surface area contributed by atoms with Crippen molar-refractivity contribution in [3.8, 4) is 0 Å². The van der Waals surface area contributed by atoms with Crippen LogP contribution in [-0.4, -0.2) is 67.7 Å². The summed E-state index contributed by atoms with van der Waals surface area (Å²) in [4.78, 5) is 28.1. The van der Waals surface area contributed by atoms with Gasteiger partial charge < -0.3 is 19.5 Å². The van der Waals surface area contributed by atoms with Crippen molar-refractivity contribution >= 4 is 11.7 Å². The number of hydrogen-bond donors (Lipinski definition) is 1. The Balaban J connectivity index is 1.52. The maximum atomic E-state index is 12.3. The molecule has 0 saturated carbocycles. The molecule has 8 nitrogen and oxygen atoms in total. The molecule has 8 heteroatoms. The molecule has 1 N–H and O–H groups in total. The van der Waals surface area contributed by atoms with E-state index in [1.165, 1.54) is 0 Å². The van der Waals surface area contributed by atoms with E-state index in [0.717, 1.165) is 5.82 Å². The van der Waals surface area contributed by atoms with Crippen molar-refractivity contribution in [2.24, 2.45) is 0 Å². The van der Waals surface area contributed by atoms with Gasteiger partial charge in [0.05, 0.1) is 19.1 Å². The van der Waals surface area contributed by atoms with Gasteiger partial charge in [-0.25, -0.2) is 9.97 Å². The van der Waals surface area contributed by atoms with E-state index in [1.807, 2.05) is 15.7 Å². The summed E-state index contributed by atoms with van der Waals surface area (Å²) in [5.74, 6) is 0.762. The second-order valence-corrected chi connectivity index (χ2v) is 6.26. The first-order valence-electron chi connectivity index (χ1n) is 7.99. The molecule has 0 aromatic carbocycles. The molecule has 0 aliphatic carbocycles. The quantitative estimate of drug-likeness (QED) is 0.812. The number of likely N-dealkylation sites (N-methyl/N-ethyl adjacent to an activating group) is 1. The first kappa shape index (κ1) is 16.4. The van der Waals surface area contributed by atoms with Gasteiger partial charge in [-0.1, -0.05) is 0 Å². The van der Waals surface area contributed by atoms with E-state index in [2.05, 4.69) is 15.0 Å². The number of carbonyl (C=O) groups is 1. The van der Waals surface area contributed by atoms with Crippen LogP contribution >= 0.6 is 0 Å². The molecular weight excluding hydrogens is 308 g/mol. The van der Waals surface area contributed by atoms with Gasteiger partial charge in [0.1, 0.15) is 11.4 Å². The summed E-state index contributed by atoms with van der Waals surface area (Å²) in [7, 11) is 1.74. The smallest absolute Gasteiger partial charge is 0.224 e. The van der Waals surface area contributed by atoms with Gasteiger partial charge in [0.25, 0.3) is 0 Å². The van der Waals surface area contributed by atoms with Crippen LogP contribution in [0.4, 0.5) is 5.82 Å². The minimum Gasteiger partial charge on any atom is -0.386 e. The molecule has 128 valence electrons.